The fourth-order valence-electron chi connectivity index (χ4n) is 7.78. The van der Waals surface area contributed by atoms with Crippen molar-refractivity contribution < 1.29 is 33.0 Å². The summed E-state index contributed by atoms with van der Waals surface area (Å²) in [6.45, 7) is 6.61. The van der Waals surface area contributed by atoms with Gasteiger partial charge in [0, 0.05) is 38.5 Å². The fraction of sp³-hybridized carbons (Fsp3) is 0.600. The fourth-order valence-corrected chi connectivity index (χ4v) is 7.78. The van der Waals surface area contributed by atoms with E-state index in [1.807, 2.05) is 60.7 Å². The monoisotopic (exact) mass is 578 g/mol. The van der Waals surface area contributed by atoms with E-state index in [1.54, 1.807) is 6.92 Å². The maximum Gasteiger partial charge on any atom is 0.510 e. The van der Waals surface area contributed by atoms with Crippen LogP contribution in [-0.2, 0) is 29.3 Å². The molecule has 3 saturated heterocycles. The third-order valence-corrected chi connectivity index (χ3v) is 9.75. The van der Waals surface area contributed by atoms with E-state index in [2.05, 4.69) is 6.92 Å². The number of benzene rings is 2. The molecule has 0 aliphatic carbocycles. The van der Waals surface area contributed by atoms with E-state index in [0.717, 1.165) is 38.5 Å². The lowest BCUT2D eigenvalue weighted by atomic mass is 9.85. The maximum absolute atomic E-state index is 14.5. The first kappa shape index (κ1) is 30.6. The predicted octanol–water partition coefficient (Wildman–Crippen LogP) is 7.26. The van der Waals surface area contributed by atoms with Gasteiger partial charge < -0.3 is 23.4 Å². The van der Waals surface area contributed by atoms with Crippen LogP contribution in [0.2, 0.25) is 0 Å². The Balaban J connectivity index is 1.34. The lowest BCUT2D eigenvalue weighted by Gasteiger charge is -2.47. The average Bonchev–Trinajstić information content (AvgIpc) is 3.55. The number of quaternary nitrogens is 1. The summed E-state index contributed by atoms with van der Waals surface area (Å²) in [6, 6.07) is 19.9. The molecule has 2 aromatic rings. The summed E-state index contributed by atoms with van der Waals surface area (Å²) in [6.07, 6.45) is 10.0. The number of piperidine rings is 1. The molecule has 2 aromatic carbocycles. The molecule has 0 radical (unpaired) electrons. The van der Waals surface area contributed by atoms with Crippen LogP contribution in [0.25, 0.3) is 0 Å². The zero-order valence-electron chi connectivity index (χ0n) is 25.4. The first-order valence-electron chi connectivity index (χ1n) is 16.2. The van der Waals surface area contributed by atoms with Gasteiger partial charge in [0.05, 0.1) is 31.8 Å². The van der Waals surface area contributed by atoms with Gasteiger partial charge in [-0.1, -0.05) is 93.3 Å². The SMILES string of the molecule is CCCCCCCOC(=O)OC(C)OC(C(=O)OC1CC2CCC(C1)[N+]21CCCC1)(c1ccccc1)c1ccccc1. The number of rotatable bonds is 13. The summed E-state index contributed by atoms with van der Waals surface area (Å²) in [5.74, 6) is -0.473. The van der Waals surface area contributed by atoms with Crippen LogP contribution >= 0.6 is 0 Å². The molecule has 3 atom stereocenters. The molecule has 42 heavy (non-hydrogen) atoms. The lowest BCUT2D eigenvalue weighted by molar-refractivity contribution is -0.956. The quantitative estimate of drug-likeness (QED) is 0.108. The number of nitrogens with zero attached hydrogens (tertiary/aromatic N) is 1. The second-order valence-electron chi connectivity index (χ2n) is 12.4. The number of ether oxygens (including phenoxy) is 4. The number of carbonyl (C=O) groups excluding carboxylic acids is 2. The molecule has 228 valence electrons. The van der Waals surface area contributed by atoms with Crippen LogP contribution in [-0.4, -0.2) is 60.8 Å². The van der Waals surface area contributed by atoms with E-state index in [1.165, 1.54) is 49.7 Å². The Hall–Kier alpha value is -2.90. The lowest BCUT2D eigenvalue weighted by Crippen LogP contribution is -2.60. The van der Waals surface area contributed by atoms with Gasteiger partial charge >= 0.3 is 12.1 Å². The van der Waals surface area contributed by atoms with Gasteiger partial charge in [-0.05, 0) is 24.5 Å². The minimum Gasteiger partial charge on any atom is -0.459 e. The number of hydrogen-bond acceptors (Lipinski definition) is 6. The Labute approximate surface area is 251 Å². The van der Waals surface area contributed by atoms with Crippen LogP contribution in [0.15, 0.2) is 60.7 Å². The van der Waals surface area contributed by atoms with E-state index >= 15 is 0 Å². The van der Waals surface area contributed by atoms with Crippen molar-refractivity contribution in [1.29, 1.82) is 0 Å². The van der Waals surface area contributed by atoms with E-state index in [-0.39, 0.29) is 6.10 Å². The summed E-state index contributed by atoms with van der Waals surface area (Å²) >= 11 is 0. The zero-order valence-corrected chi connectivity index (χ0v) is 25.4. The third kappa shape index (κ3) is 6.52. The largest absolute Gasteiger partial charge is 0.510 e. The van der Waals surface area contributed by atoms with Gasteiger partial charge in [0.2, 0.25) is 11.9 Å². The highest BCUT2D eigenvalue weighted by atomic mass is 16.8. The molecule has 3 aliphatic heterocycles. The molecule has 7 nitrogen and oxygen atoms in total. The molecule has 5 rings (SSSR count). The molecule has 3 unspecified atom stereocenters. The Morgan fingerprint density at radius 3 is 2.00 bits per heavy atom. The van der Waals surface area contributed by atoms with Gasteiger partial charge in [-0.15, -0.1) is 0 Å². The normalized spacial score (nSPS) is 23.4. The number of hydrogen-bond donors (Lipinski definition) is 0. The van der Waals surface area contributed by atoms with E-state index in [9.17, 15) is 9.59 Å². The summed E-state index contributed by atoms with van der Waals surface area (Å²) in [5, 5.41) is 0. The minimum atomic E-state index is -1.61. The molecule has 3 fully saturated rings. The number of unbranched alkanes of at least 4 members (excludes halogenated alkanes) is 4. The Kier molecular flexibility index (Phi) is 10.2. The summed E-state index contributed by atoms with van der Waals surface area (Å²) < 4.78 is 25.0. The van der Waals surface area contributed by atoms with Crippen LogP contribution in [0, 0.1) is 0 Å². The third-order valence-electron chi connectivity index (χ3n) is 9.75. The highest BCUT2D eigenvalue weighted by Crippen LogP contribution is 2.47. The summed E-state index contributed by atoms with van der Waals surface area (Å²) in [7, 11) is 0. The minimum absolute atomic E-state index is 0.163. The van der Waals surface area contributed by atoms with Crippen molar-refractivity contribution in [2.45, 2.75) is 115 Å². The van der Waals surface area contributed by atoms with Crippen LogP contribution in [0.5, 0.6) is 0 Å². The van der Waals surface area contributed by atoms with Crippen molar-refractivity contribution in [3.05, 3.63) is 71.8 Å². The van der Waals surface area contributed by atoms with Crippen molar-refractivity contribution in [1.82, 2.24) is 0 Å². The highest BCUT2D eigenvalue weighted by Gasteiger charge is 2.57. The van der Waals surface area contributed by atoms with Crippen molar-refractivity contribution in [3.8, 4) is 0 Å². The molecule has 2 bridgehead atoms. The van der Waals surface area contributed by atoms with E-state index in [0.29, 0.717) is 29.8 Å². The number of carbonyl (C=O) groups is 2. The Bertz CT molecular complexity index is 1090. The van der Waals surface area contributed by atoms with Gasteiger partial charge in [0.15, 0.2) is 0 Å². The summed E-state index contributed by atoms with van der Waals surface area (Å²) in [4.78, 5) is 27.0. The maximum atomic E-state index is 14.5. The number of esters is 1. The molecule has 3 heterocycles. The van der Waals surface area contributed by atoms with Crippen LogP contribution in [0.4, 0.5) is 4.79 Å². The molecule has 7 heteroatoms. The standard InChI is InChI=1S/C35H48NO6/c1-3-4-5-6-15-24-39-34(38)40-27(2)42-35(28-16-9-7-10-17-28,29-18-11-8-12-19-29)33(37)41-32-25-30-20-21-31(26-32)36(30)22-13-14-23-36/h7-12,16-19,27,30-32H,3-6,13-15,20-26H2,1-2H3/q+1. The molecule has 3 aliphatic rings. The van der Waals surface area contributed by atoms with Crippen molar-refractivity contribution in [2.24, 2.45) is 0 Å². The molecule has 0 amide bonds. The average molecular weight is 579 g/mol. The van der Waals surface area contributed by atoms with Crippen LogP contribution in [0.3, 0.4) is 0 Å². The van der Waals surface area contributed by atoms with Gasteiger partial charge in [0.25, 0.3) is 0 Å². The Morgan fingerprint density at radius 2 is 1.43 bits per heavy atom. The molecule has 0 aromatic heterocycles. The van der Waals surface area contributed by atoms with Crippen molar-refractivity contribution in [3.63, 3.8) is 0 Å². The van der Waals surface area contributed by atoms with Crippen LogP contribution < -0.4 is 0 Å². The van der Waals surface area contributed by atoms with Crippen LogP contribution in [0.1, 0.15) is 95.6 Å². The first-order chi connectivity index (χ1) is 20.5. The molecule has 0 saturated carbocycles. The van der Waals surface area contributed by atoms with Gasteiger partial charge in [0.1, 0.15) is 6.10 Å². The predicted molar refractivity (Wildman–Crippen MR) is 161 cm³/mol. The molecular formula is C35H48NO6+. The second kappa shape index (κ2) is 14.0. The smallest absolute Gasteiger partial charge is 0.459 e. The summed E-state index contributed by atoms with van der Waals surface area (Å²) in [5.41, 5.74) is -0.357. The van der Waals surface area contributed by atoms with E-state index in [4.69, 9.17) is 18.9 Å². The zero-order chi connectivity index (χ0) is 29.4. The van der Waals surface area contributed by atoms with Gasteiger partial charge in [-0.2, -0.15) is 0 Å². The van der Waals surface area contributed by atoms with Crippen molar-refractivity contribution in [2.75, 3.05) is 19.7 Å². The molecule has 1 spiro atoms. The van der Waals surface area contributed by atoms with E-state index < -0.39 is 24.0 Å². The highest BCUT2D eigenvalue weighted by molar-refractivity contribution is 5.86. The van der Waals surface area contributed by atoms with Gasteiger partial charge in [-0.25, -0.2) is 9.59 Å². The molecular weight excluding hydrogens is 530 g/mol. The molecule has 0 N–H and O–H groups in total. The first-order valence-corrected chi connectivity index (χ1v) is 16.2. The van der Waals surface area contributed by atoms with Crippen molar-refractivity contribution >= 4 is 12.1 Å². The van der Waals surface area contributed by atoms with Gasteiger partial charge in [-0.3, -0.25) is 0 Å². The second-order valence-corrected chi connectivity index (χ2v) is 12.4. The Morgan fingerprint density at radius 1 is 0.857 bits per heavy atom. The topological polar surface area (TPSA) is 71.1 Å².